The van der Waals surface area contributed by atoms with Crippen molar-refractivity contribution in [2.45, 2.75) is 26.4 Å². The summed E-state index contributed by atoms with van der Waals surface area (Å²) in [6, 6.07) is 5.62. The zero-order chi connectivity index (χ0) is 15.4. The number of hydrazine groups is 1. The van der Waals surface area contributed by atoms with Crippen molar-refractivity contribution in [1.29, 1.82) is 0 Å². The fraction of sp³-hybridized carbons (Fsp3) is 0.571. The predicted octanol–water partition coefficient (Wildman–Crippen LogP) is 1.41. The van der Waals surface area contributed by atoms with Crippen LogP contribution in [0.25, 0.3) is 0 Å². The number of nitrogen functional groups attached to an aromatic ring is 1. The molecule has 0 aliphatic carbocycles. The number of nitro benzene ring substituents is 1. The topological polar surface area (TPSA) is 87.7 Å². The highest BCUT2D eigenvalue weighted by atomic mass is 16.6. The molecule has 0 bridgehead atoms. The van der Waals surface area contributed by atoms with Crippen LogP contribution in [0.3, 0.4) is 0 Å². The molecular formula is C14H23N5O2. The number of nitrogens with two attached hydrogens (primary N) is 1. The van der Waals surface area contributed by atoms with Crippen LogP contribution in [-0.4, -0.2) is 46.9 Å². The number of nitrogens with one attached hydrogen (secondary N) is 1. The lowest BCUT2D eigenvalue weighted by Gasteiger charge is -2.37. The number of nitrogens with zero attached hydrogens (tertiary/aromatic N) is 3. The van der Waals surface area contributed by atoms with Gasteiger partial charge in [0.05, 0.1) is 4.92 Å². The quantitative estimate of drug-likeness (QED) is 0.485. The van der Waals surface area contributed by atoms with E-state index >= 15 is 0 Å². The zero-order valence-corrected chi connectivity index (χ0v) is 12.6. The van der Waals surface area contributed by atoms with Crippen LogP contribution in [0.4, 0.5) is 11.4 Å². The molecule has 116 valence electrons. The Kier molecular flexibility index (Phi) is 5.11. The second-order valence-corrected chi connectivity index (χ2v) is 5.62. The molecule has 0 unspecified atom stereocenters. The smallest absolute Gasteiger partial charge is 0.293 e. The monoisotopic (exact) mass is 293 g/mol. The predicted molar refractivity (Wildman–Crippen MR) is 82.9 cm³/mol. The minimum atomic E-state index is -0.407. The van der Waals surface area contributed by atoms with Gasteiger partial charge in [-0.05, 0) is 19.4 Å². The fourth-order valence-corrected chi connectivity index (χ4v) is 2.72. The Bertz CT molecular complexity index is 498. The number of piperazine rings is 1. The first-order chi connectivity index (χ1) is 10.0. The molecule has 0 aromatic heterocycles. The number of para-hydroxylation sites is 1. The Morgan fingerprint density at radius 2 is 2.00 bits per heavy atom. The second kappa shape index (κ2) is 6.84. The van der Waals surface area contributed by atoms with Gasteiger partial charge < -0.3 is 5.43 Å². The molecule has 3 N–H and O–H groups in total. The van der Waals surface area contributed by atoms with Crippen molar-refractivity contribution in [2.75, 3.05) is 31.6 Å². The summed E-state index contributed by atoms with van der Waals surface area (Å²) in [6.07, 6.45) is 0. The lowest BCUT2D eigenvalue weighted by molar-refractivity contribution is -0.384. The molecule has 1 fully saturated rings. The number of benzene rings is 1. The van der Waals surface area contributed by atoms with Gasteiger partial charge >= 0.3 is 0 Å². The standard InChI is InChI=1S/C14H23N5O2/c1-11(2)18-8-6-17(7-9-18)10-12-4-3-5-13(19(20)21)14(12)16-15/h3-5,11,16H,6-10,15H2,1-2H3. The summed E-state index contributed by atoms with van der Waals surface area (Å²) in [4.78, 5) is 15.4. The van der Waals surface area contributed by atoms with Crippen molar-refractivity contribution in [2.24, 2.45) is 5.84 Å². The van der Waals surface area contributed by atoms with Crippen molar-refractivity contribution in [3.8, 4) is 0 Å². The van der Waals surface area contributed by atoms with E-state index in [1.165, 1.54) is 6.07 Å². The molecule has 0 atom stereocenters. The third-order valence-corrected chi connectivity index (χ3v) is 4.00. The van der Waals surface area contributed by atoms with E-state index in [0.717, 1.165) is 31.7 Å². The maximum absolute atomic E-state index is 11.0. The molecule has 1 aliphatic heterocycles. The van der Waals surface area contributed by atoms with Crippen LogP contribution in [0.2, 0.25) is 0 Å². The summed E-state index contributed by atoms with van der Waals surface area (Å²) in [5.74, 6) is 5.47. The van der Waals surface area contributed by atoms with E-state index in [2.05, 4.69) is 29.1 Å². The average molecular weight is 293 g/mol. The molecule has 0 spiro atoms. The Morgan fingerprint density at radius 3 is 2.52 bits per heavy atom. The van der Waals surface area contributed by atoms with Gasteiger partial charge in [0.15, 0.2) is 0 Å². The lowest BCUT2D eigenvalue weighted by Crippen LogP contribution is -2.48. The molecule has 7 heteroatoms. The molecule has 1 heterocycles. The van der Waals surface area contributed by atoms with Crippen LogP contribution >= 0.6 is 0 Å². The van der Waals surface area contributed by atoms with Crippen LogP contribution in [0.1, 0.15) is 19.4 Å². The minimum absolute atomic E-state index is 0.0239. The van der Waals surface area contributed by atoms with E-state index in [1.54, 1.807) is 6.07 Å². The molecule has 0 saturated carbocycles. The zero-order valence-electron chi connectivity index (χ0n) is 12.6. The Balaban J connectivity index is 2.07. The average Bonchev–Trinajstić information content (AvgIpc) is 2.47. The summed E-state index contributed by atoms with van der Waals surface area (Å²) in [7, 11) is 0. The normalized spacial score (nSPS) is 17.1. The van der Waals surface area contributed by atoms with Gasteiger partial charge in [0.1, 0.15) is 5.69 Å². The summed E-state index contributed by atoms with van der Waals surface area (Å²) < 4.78 is 0. The molecule has 1 saturated heterocycles. The molecule has 7 nitrogen and oxygen atoms in total. The van der Waals surface area contributed by atoms with Gasteiger partial charge in [0.25, 0.3) is 5.69 Å². The first kappa shape index (κ1) is 15.7. The van der Waals surface area contributed by atoms with Gasteiger partial charge in [-0.15, -0.1) is 0 Å². The third-order valence-electron chi connectivity index (χ3n) is 4.00. The number of hydrogen-bond donors (Lipinski definition) is 2. The van der Waals surface area contributed by atoms with Crippen molar-refractivity contribution < 1.29 is 4.92 Å². The minimum Gasteiger partial charge on any atom is -0.318 e. The number of hydrogen-bond acceptors (Lipinski definition) is 6. The molecule has 1 aromatic carbocycles. The summed E-state index contributed by atoms with van der Waals surface area (Å²) >= 11 is 0. The van der Waals surface area contributed by atoms with E-state index < -0.39 is 4.92 Å². The largest absolute Gasteiger partial charge is 0.318 e. The maximum atomic E-state index is 11.0. The number of nitro groups is 1. The molecular weight excluding hydrogens is 270 g/mol. The van der Waals surface area contributed by atoms with Crippen LogP contribution < -0.4 is 11.3 Å². The van der Waals surface area contributed by atoms with Crippen molar-refractivity contribution >= 4 is 11.4 Å². The van der Waals surface area contributed by atoms with E-state index in [4.69, 9.17) is 5.84 Å². The van der Waals surface area contributed by atoms with E-state index in [-0.39, 0.29) is 5.69 Å². The third kappa shape index (κ3) is 3.69. The molecule has 2 rings (SSSR count). The summed E-state index contributed by atoms with van der Waals surface area (Å²) in [5.41, 5.74) is 3.78. The molecule has 1 aromatic rings. The lowest BCUT2D eigenvalue weighted by atomic mass is 10.1. The fourth-order valence-electron chi connectivity index (χ4n) is 2.72. The van der Waals surface area contributed by atoms with Crippen molar-refractivity contribution in [1.82, 2.24) is 9.80 Å². The molecule has 21 heavy (non-hydrogen) atoms. The van der Waals surface area contributed by atoms with E-state index in [0.29, 0.717) is 18.3 Å². The van der Waals surface area contributed by atoms with Crippen LogP contribution in [0, 0.1) is 10.1 Å². The van der Waals surface area contributed by atoms with E-state index in [9.17, 15) is 10.1 Å². The van der Waals surface area contributed by atoms with Crippen molar-refractivity contribution in [3.63, 3.8) is 0 Å². The van der Waals surface area contributed by atoms with Gasteiger partial charge in [-0.25, -0.2) is 0 Å². The Hall–Kier alpha value is -1.70. The van der Waals surface area contributed by atoms with Crippen LogP contribution in [0.15, 0.2) is 18.2 Å². The highest BCUT2D eigenvalue weighted by molar-refractivity contribution is 5.65. The maximum Gasteiger partial charge on any atom is 0.293 e. The molecule has 0 amide bonds. The molecule has 0 radical (unpaired) electrons. The van der Waals surface area contributed by atoms with Crippen LogP contribution in [-0.2, 0) is 6.54 Å². The van der Waals surface area contributed by atoms with Gasteiger partial charge in [-0.1, -0.05) is 12.1 Å². The first-order valence-electron chi connectivity index (χ1n) is 7.22. The first-order valence-corrected chi connectivity index (χ1v) is 7.22. The van der Waals surface area contributed by atoms with E-state index in [1.807, 2.05) is 6.07 Å². The summed E-state index contributed by atoms with van der Waals surface area (Å²) in [6.45, 7) is 9.05. The van der Waals surface area contributed by atoms with Crippen molar-refractivity contribution in [3.05, 3.63) is 33.9 Å². The van der Waals surface area contributed by atoms with Crippen LogP contribution in [0.5, 0.6) is 0 Å². The Labute approximate surface area is 124 Å². The highest BCUT2D eigenvalue weighted by Gasteiger charge is 2.22. The SMILES string of the molecule is CC(C)N1CCN(Cc2cccc([N+](=O)[O-])c2NN)CC1. The summed E-state index contributed by atoms with van der Waals surface area (Å²) in [5, 5.41) is 11.0. The van der Waals surface area contributed by atoms with Gasteiger partial charge in [0.2, 0.25) is 0 Å². The number of rotatable bonds is 5. The second-order valence-electron chi connectivity index (χ2n) is 5.62. The van der Waals surface area contributed by atoms with Gasteiger partial charge in [-0.2, -0.15) is 0 Å². The molecule has 1 aliphatic rings. The highest BCUT2D eigenvalue weighted by Crippen LogP contribution is 2.28. The van der Waals surface area contributed by atoms with Gasteiger partial charge in [-0.3, -0.25) is 25.8 Å². The van der Waals surface area contributed by atoms with Gasteiger partial charge in [0, 0.05) is 44.8 Å². The Morgan fingerprint density at radius 1 is 1.33 bits per heavy atom. The number of anilines is 1.